The summed E-state index contributed by atoms with van der Waals surface area (Å²) in [6, 6.07) is 17.9. The Hall–Kier alpha value is -2.81. The second kappa shape index (κ2) is 9.22. The van der Waals surface area contributed by atoms with Gasteiger partial charge in [0.1, 0.15) is 5.75 Å². The second-order valence-corrected chi connectivity index (χ2v) is 6.90. The molecule has 27 heavy (non-hydrogen) atoms. The predicted molar refractivity (Wildman–Crippen MR) is 110 cm³/mol. The topological polar surface area (TPSA) is 80.6 Å². The van der Waals surface area contributed by atoms with Crippen LogP contribution in [0.25, 0.3) is 0 Å². The lowest BCUT2D eigenvalue weighted by atomic mass is 10.2. The molecule has 0 saturated heterocycles. The van der Waals surface area contributed by atoms with Gasteiger partial charge in [0.25, 0.3) is 11.8 Å². The van der Waals surface area contributed by atoms with Crippen LogP contribution in [0, 0.1) is 3.57 Å². The van der Waals surface area contributed by atoms with Gasteiger partial charge in [-0.15, -0.1) is 0 Å². The molecule has 0 aliphatic heterocycles. The van der Waals surface area contributed by atoms with Crippen molar-refractivity contribution in [3.8, 4) is 5.75 Å². The van der Waals surface area contributed by atoms with E-state index >= 15 is 0 Å². The number of furan rings is 1. The molecule has 1 heterocycles. The minimum absolute atomic E-state index is 0.0600. The standard InChI is InChI=1S/C20H17IN2O4/c21-15-6-8-17(9-7-15)27-13-19(24)22-12-14-3-1-4-16(11-14)23-20(25)18-5-2-10-26-18/h1-11H,12-13H2,(H,22,24)(H,23,25). The van der Waals surface area contributed by atoms with Crippen LogP contribution in [0.2, 0.25) is 0 Å². The Kier molecular flexibility index (Phi) is 6.48. The lowest BCUT2D eigenvalue weighted by Crippen LogP contribution is -2.28. The Morgan fingerprint density at radius 1 is 1.04 bits per heavy atom. The van der Waals surface area contributed by atoms with E-state index in [2.05, 4.69) is 33.2 Å². The summed E-state index contributed by atoms with van der Waals surface area (Å²) in [7, 11) is 0. The maximum absolute atomic E-state index is 12.0. The highest BCUT2D eigenvalue weighted by Crippen LogP contribution is 2.14. The molecule has 3 rings (SSSR count). The van der Waals surface area contributed by atoms with Crippen LogP contribution in [-0.2, 0) is 11.3 Å². The third kappa shape index (κ3) is 5.85. The number of carbonyl (C=O) groups is 2. The van der Waals surface area contributed by atoms with E-state index in [1.807, 2.05) is 30.3 Å². The second-order valence-electron chi connectivity index (χ2n) is 5.65. The predicted octanol–water partition coefficient (Wildman–Crippen LogP) is 3.83. The minimum Gasteiger partial charge on any atom is -0.484 e. The van der Waals surface area contributed by atoms with Crippen molar-refractivity contribution in [1.29, 1.82) is 0 Å². The molecule has 0 fully saturated rings. The number of hydrogen-bond donors (Lipinski definition) is 2. The first-order valence-corrected chi connectivity index (χ1v) is 9.27. The largest absolute Gasteiger partial charge is 0.484 e. The molecule has 2 aromatic carbocycles. The first kappa shape index (κ1) is 19.0. The van der Waals surface area contributed by atoms with Crippen molar-refractivity contribution in [3.05, 3.63) is 81.8 Å². The fraction of sp³-hybridized carbons (Fsp3) is 0.100. The smallest absolute Gasteiger partial charge is 0.291 e. The Balaban J connectivity index is 1.48. The highest BCUT2D eigenvalue weighted by Gasteiger charge is 2.09. The summed E-state index contributed by atoms with van der Waals surface area (Å²) in [6.07, 6.45) is 1.44. The van der Waals surface area contributed by atoms with Crippen molar-refractivity contribution in [2.45, 2.75) is 6.54 Å². The summed E-state index contributed by atoms with van der Waals surface area (Å²) < 4.78 is 11.6. The fourth-order valence-corrected chi connectivity index (χ4v) is 2.65. The van der Waals surface area contributed by atoms with Crippen LogP contribution in [0.4, 0.5) is 5.69 Å². The average Bonchev–Trinajstić information content (AvgIpc) is 3.21. The number of halogens is 1. The van der Waals surface area contributed by atoms with Crippen molar-refractivity contribution < 1.29 is 18.7 Å². The summed E-state index contributed by atoms with van der Waals surface area (Å²) >= 11 is 2.20. The van der Waals surface area contributed by atoms with Crippen molar-refractivity contribution in [2.75, 3.05) is 11.9 Å². The lowest BCUT2D eigenvalue weighted by Gasteiger charge is -2.09. The Morgan fingerprint density at radius 3 is 2.59 bits per heavy atom. The first-order chi connectivity index (χ1) is 13.1. The van der Waals surface area contributed by atoms with Gasteiger partial charge >= 0.3 is 0 Å². The van der Waals surface area contributed by atoms with Crippen LogP contribution in [0.15, 0.2) is 71.3 Å². The lowest BCUT2D eigenvalue weighted by molar-refractivity contribution is -0.123. The molecule has 6 nitrogen and oxygen atoms in total. The number of carbonyl (C=O) groups excluding carboxylic acids is 2. The summed E-state index contributed by atoms with van der Waals surface area (Å²) in [4.78, 5) is 24.0. The third-order valence-electron chi connectivity index (χ3n) is 3.60. The monoisotopic (exact) mass is 476 g/mol. The van der Waals surface area contributed by atoms with Crippen LogP contribution in [0.5, 0.6) is 5.75 Å². The Labute approximate surface area is 170 Å². The number of ether oxygens (including phenoxy) is 1. The van der Waals surface area contributed by atoms with E-state index in [-0.39, 0.29) is 24.2 Å². The van der Waals surface area contributed by atoms with Crippen LogP contribution in [0.3, 0.4) is 0 Å². The molecular formula is C20H17IN2O4. The maximum atomic E-state index is 12.0. The van der Waals surface area contributed by atoms with E-state index in [1.54, 1.807) is 30.3 Å². The molecule has 1 aromatic heterocycles. The summed E-state index contributed by atoms with van der Waals surface area (Å²) in [5.41, 5.74) is 1.48. The highest BCUT2D eigenvalue weighted by molar-refractivity contribution is 14.1. The third-order valence-corrected chi connectivity index (χ3v) is 4.32. The maximum Gasteiger partial charge on any atom is 0.291 e. The molecule has 0 aliphatic carbocycles. The normalized spacial score (nSPS) is 10.3. The van der Waals surface area contributed by atoms with Crippen molar-refractivity contribution in [1.82, 2.24) is 5.32 Å². The number of nitrogens with one attached hydrogen (secondary N) is 2. The van der Waals surface area contributed by atoms with E-state index in [1.165, 1.54) is 6.26 Å². The zero-order valence-electron chi connectivity index (χ0n) is 14.3. The highest BCUT2D eigenvalue weighted by atomic mass is 127. The molecule has 7 heteroatoms. The zero-order valence-corrected chi connectivity index (χ0v) is 16.4. The van der Waals surface area contributed by atoms with Crippen molar-refractivity contribution in [2.24, 2.45) is 0 Å². The van der Waals surface area contributed by atoms with Crippen LogP contribution >= 0.6 is 22.6 Å². The van der Waals surface area contributed by atoms with Gasteiger partial charge in [-0.25, -0.2) is 0 Å². The van der Waals surface area contributed by atoms with E-state index in [0.717, 1.165) is 9.13 Å². The molecule has 2 N–H and O–H groups in total. The van der Waals surface area contributed by atoms with Gasteiger partial charge < -0.3 is 19.8 Å². The molecule has 2 amide bonds. The van der Waals surface area contributed by atoms with Gasteiger partial charge in [0.15, 0.2) is 12.4 Å². The fourth-order valence-electron chi connectivity index (χ4n) is 2.29. The van der Waals surface area contributed by atoms with Crippen LogP contribution in [-0.4, -0.2) is 18.4 Å². The van der Waals surface area contributed by atoms with Gasteiger partial charge in [0, 0.05) is 15.8 Å². The van der Waals surface area contributed by atoms with Crippen molar-refractivity contribution >= 4 is 40.1 Å². The summed E-state index contributed by atoms with van der Waals surface area (Å²) in [6.45, 7) is 0.273. The van der Waals surface area contributed by atoms with E-state index in [0.29, 0.717) is 18.0 Å². The molecule has 3 aromatic rings. The Bertz CT molecular complexity index is 908. The molecule has 0 unspecified atom stereocenters. The number of amides is 2. The molecule has 0 saturated carbocycles. The number of benzene rings is 2. The Morgan fingerprint density at radius 2 is 1.85 bits per heavy atom. The number of anilines is 1. The van der Waals surface area contributed by atoms with Gasteiger partial charge in [-0.2, -0.15) is 0 Å². The molecule has 138 valence electrons. The molecular weight excluding hydrogens is 459 g/mol. The van der Waals surface area contributed by atoms with Gasteiger partial charge in [0.2, 0.25) is 0 Å². The SMILES string of the molecule is O=C(COc1ccc(I)cc1)NCc1cccc(NC(=O)c2ccco2)c1. The van der Waals surface area contributed by atoms with Gasteiger partial charge in [-0.05, 0) is 76.7 Å². The minimum atomic E-state index is -0.327. The zero-order chi connectivity index (χ0) is 19.1. The van der Waals surface area contributed by atoms with Crippen LogP contribution in [0.1, 0.15) is 16.1 Å². The average molecular weight is 476 g/mol. The van der Waals surface area contributed by atoms with E-state index in [9.17, 15) is 9.59 Å². The molecule has 0 spiro atoms. The number of rotatable bonds is 7. The number of hydrogen-bond acceptors (Lipinski definition) is 4. The molecule has 0 atom stereocenters. The van der Waals surface area contributed by atoms with Gasteiger partial charge in [-0.3, -0.25) is 9.59 Å². The molecule has 0 aliphatic rings. The van der Waals surface area contributed by atoms with Gasteiger partial charge in [-0.1, -0.05) is 12.1 Å². The summed E-state index contributed by atoms with van der Waals surface area (Å²) in [5.74, 6) is 0.334. The van der Waals surface area contributed by atoms with E-state index in [4.69, 9.17) is 9.15 Å². The van der Waals surface area contributed by atoms with E-state index < -0.39 is 0 Å². The quantitative estimate of drug-likeness (QED) is 0.508. The summed E-state index contributed by atoms with van der Waals surface area (Å²) in [5, 5.41) is 5.54. The van der Waals surface area contributed by atoms with Gasteiger partial charge in [0.05, 0.1) is 6.26 Å². The first-order valence-electron chi connectivity index (χ1n) is 8.19. The molecule has 0 bridgehead atoms. The molecule has 0 radical (unpaired) electrons. The van der Waals surface area contributed by atoms with Crippen molar-refractivity contribution in [3.63, 3.8) is 0 Å². The van der Waals surface area contributed by atoms with Crippen LogP contribution < -0.4 is 15.4 Å².